The van der Waals surface area contributed by atoms with Crippen molar-refractivity contribution in [3.05, 3.63) is 23.8 Å². The van der Waals surface area contributed by atoms with Gasteiger partial charge in [0.25, 0.3) is 0 Å². The Labute approximate surface area is 103 Å². The van der Waals surface area contributed by atoms with Crippen LogP contribution in [0.5, 0.6) is 0 Å². The molecule has 1 aliphatic carbocycles. The molecule has 2 heterocycles. The molecule has 0 bridgehead atoms. The van der Waals surface area contributed by atoms with Gasteiger partial charge >= 0.3 is 0 Å². The summed E-state index contributed by atoms with van der Waals surface area (Å²) in [7, 11) is 0. The van der Waals surface area contributed by atoms with Crippen molar-refractivity contribution in [3.8, 4) is 0 Å². The minimum atomic E-state index is 0.221. The molecule has 2 N–H and O–H groups in total. The van der Waals surface area contributed by atoms with Gasteiger partial charge in [-0.2, -0.15) is 9.97 Å². The van der Waals surface area contributed by atoms with Crippen molar-refractivity contribution in [2.24, 2.45) is 0 Å². The number of aromatic nitrogens is 4. The largest absolute Gasteiger partial charge is 0.365 e. The van der Waals surface area contributed by atoms with Gasteiger partial charge in [-0.05, 0) is 30.9 Å². The smallest absolute Gasteiger partial charge is 0.226 e. The quantitative estimate of drug-likeness (QED) is 0.634. The highest BCUT2D eigenvalue weighted by Gasteiger charge is 2.14. The van der Waals surface area contributed by atoms with E-state index in [2.05, 4.69) is 37.4 Å². The zero-order valence-corrected chi connectivity index (χ0v) is 9.91. The molecule has 5 nitrogen and oxygen atoms in total. The Morgan fingerprint density at radius 3 is 3.12 bits per heavy atom. The number of imidazole rings is 1. The maximum absolute atomic E-state index is 5.87. The lowest BCUT2D eigenvalue weighted by molar-refractivity contribution is 0.642. The summed E-state index contributed by atoms with van der Waals surface area (Å²) < 4.78 is 0. The van der Waals surface area contributed by atoms with E-state index in [0.29, 0.717) is 11.7 Å². The predicted molar refractivity (Wildman–Crippen MR) is 67.1 cm³/mol. The first-order valence-corrected chi connectivity index (χ1v) is 5.99. The number of hydrogen-bond donors (Lipinski definition) is 2. The predicted octanol–water partition coefficient (Wildman–Crippen LogP) is 2.53. The van der Waals surface area contributed by atoms with E-state index >= 15 is 0 Å². The molecule has 3 rings (SSSR count). The van der Waals surface area contributed by atoms with Crippen LogP contribution in [0.2, 0.25) is 5.28 Å². The molecule has 0 aliphatic heterocycles. The summed E-state index contributed by atoms with van der Waals surface area (Å²) in [5.41, 5.74) is 1.41. The van der Waals surface area contributed by atoms with Gasteiger partial charge in [-0.1, -0.05) is 12.2 Å². The molecule has 88 valence electrons. The highest BCUT2D eigenvalue weighted by molar-refractivity contribution is 6.28. The standard InChI is InChI=1S/C11H12ClN5/c12-11-16-9-8(13-6-14-9)10(17-11)15-7-4-2-1-3-5-7/h1-2,6-7H,3-5H2,(H2,13,14,15,16,17). The van der Waals surface area contributed by atoms with E-state index in [1.165, 1.54) is 0 Å². The van der Waals surface area contributed by atoms with Gasteiger partial charge in [0.15, 0.2) is 11.5 Å². The normalized spacial score (nSPS) is 19.7. The van der Waals surface area contributed by atoms with Gasteiger partial charge in [0.05, 0.1) is 6.33 Å². The number of hydrogen-bond acceptors (Lipinski definition) is 4. The summed E-state index contributed by atoms with van der Waals surface area (Å²) in [4.78, 5) is 15.4. The number of H-pyrrole nitrogens is 1. The van der Waals surface area contributed by atoms with Crippen LogP contribution in [0.15, 0.2) is 18.5 Å². The molecule has 1 unspecified atom stereocenters. The summed E-state index contributed by atoms with van der Waals surface area (Å²) >= 11 is 5.87. The van der Waals surface area contributed by atoms with Gasteiger partial charge in [-0.3, -0.25) is 0 Å². The Bertz CT molecular complexity index is 562. The fraction of sp³-hybridized carbons (Fsp3) is 0.364. The van der Waals surface area contributed by atoms with Crippen molar-refractivity contribution in [1.82, 2.24) is 19.9 Å². The van der Waals surface area contributed by atoms with Crippen molar-refractivity contribution in [2.75, 3.05) is 5.32 Å². The molecular formula is C11H12ClN5. The molecule has 6 heteroatoms. The van der Waals surface area contributed by atoms with Crippen molar-refractivity contribution >= 4 is 28.6 Å². The number of nitrogens with one attached hydrogen (secondary N) is 2. The lowest BCUT2D eigenvalue weighted by Crippen LogP contribution is -2.21. The van der Waals surface area contributed by atoms with Crippen LogP contribution in [0.1, 0.15) is 19.3 Å². The van der Waals surface area contributed by atoms with E-state index in [-0.39, 0.29) is 5.28 Å². The molecule has 0 amide bonds. The zero-order chi connectivity index (χ0) is 11.7. The average Bonchev–Trinajstić information content (AvgIpc) is 2.78. The third kappa shape index (κ3) is 2.10. The Hall–Kier alpha value is -1.62. The van der Waals surface area contributed by atoms with Crippen LogP contribution < -0.4 is 5.32 Å². The van der Waals surface area contributed by atoms with Crippen molar-refractivity contribution in [1.29, 1.82) is 0 Å². The summed E-state index contributed by atoms with van der Waals surface area (Å²) in [5.74, 6) is 0.734. The molecule has 0 radical (unpaired) electrons. The number of rotatable bonds is 2. The van der Waals surface area contributed by atoms with Crippen molar-refractivity contribution in [2.45, 2.75) is 25.3 Å². The third-order valence-electron chi connectivity index (χ3n) is 2.87. The second-order valence-electron chi connectivity index (χ2n) is 4.07. The van der Waals surface area contributed by atoms with Crippen LogP contribution in [-0.4, -0.2) is 26.0 Å². The third-order valence-corrected chi connectivity index (χ3v) is 3.04. The summed E-state index contributed by atoms with van der Waals surface area (Å²) in [6.07, 6.45) is 9.21. The molecule has 0 fully saturated rings. The van der Waals surface area contributed by atoms with Crippen LogP contribution in [0.3, 0.4) is 0 Å². The van der Waals surface area contributed by atoms with Gasteiger partial charge in [-0.15, -0.1) is 0 Å². The van der Waals surface area contributed by atoms with Crippen LogP contribution in [0.25, 0.3) is 11.2 Å². The van der Waals surface area contributed by atoms with Gasteiger partial charge in [0, 0.05) is 6.04 Å². The van der Waals surface area contributed by atoms with E-state index in [9.17, 15) is 0 Å². The molecule has 0 saturated carbocycles. The van der Waals surface area contributed by atoms with E-state index in [1.54, 1.807) is 6.33 Å². The first-order chi connectivity index (χ1) is 8.33. The summed E-state index contributed by atoms with van der Waals surface area (Å²) in [5, 5.41) is 3.61. The zero-order valence-electron chi connectivity index (χ0n) is 9.15. The fourth-order valence-electron chi connectivity index (χ4n) is 2.03. The van der Waals surface area contributed by atoms with Gasteiger partial charge < -0.3 is 10.3 Å². The number of aromatic amines is 1. The monoisotopic (exact) mass is 249 g/mol. The molecule has 2 aromatic rings. The second-order valence-corrected chi connectivity index (χ2v) is 4.41. The SMILES string of the molecule is Clc1nc(NC2CC=CCC2)c2[nH]cnc2n1. The number of allylic oxidation sites excluding steroid dienone is 1. The highest BCUT2D eigenvalue weighted by Crippen LogP contribution is 2.22. The van der Waals surface area contributed by atoms with Crippen molar-refractivity contribution in [3.63, 3.8) is 0 Å². The first-order valence-electron chi connectivity index (χ1n) is 5.61. The van der Waals surface area contributed by atoms with E-state index in [1.807, 2.05) is 0 Å². The van der Waals surface area contributed by atoms with Crippen LogP contribution in [0.4, 0.5) is 5.82 Å². The average molecular weight is 250 g/mol. The van der Waals surface area contributed by atoms with Crippen LogP contribution >= 0.6 is 11.6 Å². The Kier molecular flexibility index (Phi) is 2.68. The molecule has 0 aromatic carbocycles. The molecular weight excluding hydrogens is 238 g/mol. The summed E-state index contributed by atoms with van der Waals surface area (Å²) in [6, 6.07) is 0.400. The van der Waals surface area contributed by atoms with E-state index in [0.717, 1.165) is 30.6 Å². The lowest BCUT2D eigenvalue weighted by Gasteiger charge is -2.20. The molecule has 17 heavy (non-hydrogen) atoms. The molecule has 0 saturated heterocycles. The maximum Gasteiger partial charge on any atom is 0.226 e. The minimum absolute atomic E-state index is 0.221. The second kappa shape index (κ2) is 4.33. The number of fused-ring (bicyclic) bond motifs is 1. The highest BCUT2D eigenvalue weighted by atomic mass is 35.5. The Balaban J connectivity index is 1.93. The van der Waals surface area contributed by atoms with Gasteiger partial charge in [-0.25, -0.2) is 4.98 Å². The maximum atomic E-state index is 5.87. The van der Waals surface area contributed by atoms with Gasteiger partial charge in [0.1, 0.15) is 5.52 Å². The number of anilines is 1. The topological polar surface area (TPSA) is 66.5 Å². The van der Waals surface area contributed by atoms with Crippen LogP contribution in [0, 0.1) is 0 Å². The first kappa shape index (κ1) is 10.5. The Morgan fingerprint density at radius 2 is 2.29 bits per heavy atom. The lowest BCUT2D eigenvalue weighted by atomic mass is 10.0. The molecule has 1 aliphatic rings. The molecule has 2 aromatic heterocycles. The van der Waals surface area contributed by atoms with E-state index in [4.69, 9.17) is 11.6 Å². The van der Waals surface area contributed by atoms with Crippen LogP contribution in [-0.2, 0) is 0 Å². The van der Waals surface area contributed by atoms with E-state index < -0.39 is 0 Å². The molecule has 0 spiro atoms. The van der Waals surface area contributed by atoms with Gasteiger partial charge in [0.2, 0.25) is 5.28 Å². The minimum Gasteiger partial charge on any atom is -0.365 e. The number of halogens is 1. The van der Waals surface area contributed by atoms with Crippen molar-refractivity contribution < 1.29 is 0 Å². The fourth-order valence-corrected chi connectivity index (χ4v) is 2.19. The Morgan fingerprint density at radius 1 is 1.35 bits per heavy atom. The number of nitrogens with zero attached hydrogens (tertiary/aromatic N) is 3. The molecule has 1 atom stereocenters. The summed E-state index contributed by atoms with van der Waals surface area (Å²) in [6.45, 7) is 0.